The number of rotatable bonds is 6. The van der Waals surface area contributed by atoms with Crippen LogP contribution in [0.3, 0.4) is 0 Å². The van der Waals surface area contributed by atoms with E-state index in [2.05, 4.69) is 20.8 Å². The normalized spacial score (nSPS) is 14.3. The Bertz CT molecular complexity index is 803. The van der Waals surface area contributed by atoms with Gasteiger partial charge < -0.3 is 9.88 Å². The number of hydrogen-bond donors (Lipinski definition) is 2. The molecule has 1 saturated carbocycles. The molecule has 27 heavy (non-hydrogen) atoms. The molecule has 0 spiro atoms. The molecule has 1 aliphatic carbocycles. The molecule has 0 aliphatic heterocycles. The number of nitrogens with zero attached hydrogens (tertiary/aromatic N) is 3. The van der Waals surface area contributed by atoms with Gasteiger partial charge in [0.1, 0.15) is 0 Å². The molecule has 7 nitrogen and oxygen atoms in total. The smallest absolute Gasteiger partial charge is 0.321 e. The van der Waals surface area contributed by atoms with Crippen LogP contribution in [0.1, 0.15) is 32.6 Å². The van der Waals surface area contributed by atoms with Crippen LogP contribution in [0.4, 0.5) is 4.79 Å². The van der Waals surface area contributed by atoms with E-state index in [4.69, 9.17) is 11.6 Å². The standard InChI is InChI=1S/C18H22ClN5O2S/c1-2-24-16(12-7-9-13(19)10-8-12)22-23-18(24)27-11-15(25)21-17(26)20-14-5-3-4-6-14/h7-10,14H,2-6,11H2,1H3,(H2,20,21,25,26). The van der Waals surface area contributed by atoms with Crippen molar-refractivity contribution in [1.82, 2.24) is 25.4 Å². The zero-order valence-electron chi connectivity index (χ0n) is 15.1. The first-order valence-corrected chi connectivity index (χ1v) is 10.4. The van der Waals surface area contributed by atoms with E-state index in [1.54, 1.807) is 12.1 Å². The van der Waals surface area contributed by atoms with E-state index >= 15 is 0 Å². The summed E-state index contributed by atoms with van der Waals surface area (Å²) in [4.78, 5) is 23.9. The first-order valence-electron chi connectivity index (χ1n) is 8.99. The molecule has 3 amide bonds. The number of thioether (sulfide) groups is 1. The Kier molecular flexibility index (Phi) is 6.73. The number of carbonyl (C=O) groups is 2. The van der Waals surface area contributed by atoms with Gasteiger partial charge in [0.15, 0.2) is 11.0 Å². The zero-order valence-corrected chi connectivity index (χ0v) is 16.6. The monoisotopic (exact) mass is 407 g/mol. The van der Waals surface area contributed by atoms with Gasteiger partial charge in [-0.3, -0.25) is 10.1 Å². The Morgan fingerprint density at radius 1 is 1.22 bits per heavy atom. The number of urea groups is 1. The third-order valence-electron chi connectivity index (χ3n) is 4.41. The number of carbonyl (C=O) groups excluding carboxylic acids is 2. The lowest BCUT2D eigenvalue weighted by Crippen LogP contribution is -2.44. The van der Waals surface area contributed by atoms with E-state index in [1.807, 2.05) is 23.6 Å². The third kappa shape index (κ3) is 5.23. The predicted molar refractivity (Wildman–Crippen MR) is 106 cm³/mol. The van der Waals surface area contributed by atoms with Crippen molar-refractivity contribution in [2.75, 3.05) is 5.75 Å². The van der Waals surface area contributed by atoms with Gasteiger partial charge >= 0.3 is 6.03 Å². The third-order valence-corrected chi connectivity index (χ3v) is 5.63. The van der Waals surface area contributed by atoms with Crippen molar-refractivity contribution in [3.05, 3.63) is 29.3 Å². The van der Waals surface area contributed by atoms with Crippen molar-refractivity contribution in [3.63, 3.8) is 0 Å². The second kappa shape index (κ2) is 9.23. The van der Waals surface area contributed by atoms with E-state index in [9.17, 15) is 9.59 Å². The molecule has 2 N–H and O–H groups in total. The van der Waals surface area contributed by atoms with Gasteiger partial charge in [-0.2, -0.15) is 0 Å². The average Bonchev–Trinajstić information content (AvgIpc) is 3.29. The van der Waals surface area contributed by atoms with Crippen molar-refractivity contribution in [3.8, 4) is 11.4 Å². The molecule has 1 aromatic carbocycles. The first kappa shape index (κ1) is 19.7. The van der Waals surface area contributed by atoms with Gasteiger partial charge in [0, 0.05) is 23.2 Å². The second-order valence-corrected chi connectivity index (χ2v) is 7.73. The molecule has 1 heterocycles. The number of nitrogens with one attached hydrogen (secondary N) is 2. The summed E-state index contributed by atoms with van der Waals surface area (Å²) < 4.78 is 1.93. The Morgan fingerprint density at radius 2 is 1.93 bits per heavy atom. The molecule has 3 rings (SSSR count). The van der Waals surface area contributed by atoms with Gasteiger partial charge in [0.2, 0.25) is 5.91 Å². The van der Waals surface area contributed by atoms with E-state index in [-0.39, 0.29) is 17.7 Å². The summed E-state index contributed by atoms with van der Waals surface area (Å²) >= 11 is 7.19. The molecule has 1 aliphatic rings. The number of aromatic nitrogens is 3. The number of hydrogen-bond acceptors (Lipinski definition) is 5. The molecular weight excluding hydrogens is 386 g/mol. The van der Waals surface area contributed by atoms with E-state index in [0.29, 0.717) is 16.7 Å². The fourth-order valence-electron chi connectivity index (χ4n) is 3.08. The highest BCUT2D eigenvalue weighted by Gasteiger charge is 2.19. The number of imide groups is 1. The van der Waals surface area contributed by atoms with Gasteiger partial charge in [-0.25, -0.2) is 4.79 Å². The molecule has 0 atom stereocenters. The van der Waals surface area contributed by atoms with Gasteiger partial charge in [-0.15, -0.1) is 10.2 Å². The minimum absolute atomic E-state index is 0.0941. The van der Waals surface area contributed by atoms with E-state index < -0.39 is 6.03 Å². The van der Waals surface area contributed by atoms with E-state index in [0.717, 1.165) is 37.1 Å². The maximum absolute atomic E-state index is 12.0. The van der Waals surface area contributed by atoms with Crippen LogP contribution in [0, 0.1) is 0 Å². The maximum atomic E-state index is 12.0. The van der Waals surface area contributed by atoms with Crippen LogP contribution >= 0.6 is 23.4 Å². The Hall–Kier alpha value is -2.06. The number of benzene rings is 1. The minimum atomic E-state index is -0.425. The molecule has 9 heteroatoms. The van der Waals surface area contributed by atoms with E-state index in [1.165, 1.54) is 11.8 Å². The predicted octanol–water partition coefficient (Wildman–Crippen LogP) is 3.48. The topological polar surface area (TPSA) is 88.9 Å². The quantitative estimate of drug-likeness (QED) is 0.715. The molecule has 1 fully saturated rings. The Morgan fingerprint density at radius 3 is 2.59 bits per heavy atom. The lowest BCUT2D eigenvalue weighted by Gasteiger charge is -2.12. The van der Waals surface area contributed by atoms with Crippen LogP contribution in [0.2, 0.25) is 5.02 Å². The first-order chi connectivity index (χ1) is 13.1. The summed E-state index contributed by atoms with van der Waals surface area (Å²) in [6.07, 6.45) is 4.20. The SMILES string of the molecule is CCn1c(SCC(=O)NC(=O)NC2CCCC2)nnc1-c1ccc(Cl)cc1. The van der Waals surface area contributed by atoms with Gasteiger partial charge in [-0.1, -0.05) is 36.2 Å². The highest BCUT2D eigenvalue weighted by atomic mass is 35.5. The Labute approximate surface area is 167 Å². The van der Waals surface area contributed by atoms with Crippen LogP contribution < -0.4 is 10.6 Å². The highest BCUT2D eigenvalue weighted by molar-refractivity contribution is 7.99. The molecule has 0 saturated heterocycles. The van der Waals surface area contributed by atoms with Crippen molar-refractivity contribution in [2.24, 2.45) is 0 Å². The summed E-state index contributed by atoms with van der Waals surface area (Å²) in [5, 5.41) is 14.9. The van der Waals surface area contributed by atoms with Crippen LogP contribution in [0.5, 0.6) is 0 Å². The summed E-state index contributed by atoms with van der Waals surface area (Å²) in [5.74, 6) is 0.460. The summed E-state index contributed by atoms with van der Waals surface area (Å²) in [6.45, 7) is 2.65. The fourth-order valence-corrected chi connectivity index (χ4v) is 4.01. The van der Waals surface area contributed by atoms with Crippen molar-refractivity contribution in [1.29, 1.82) is 0 Å². The lowest BCUT2D eigenvalue weighted by atomic mass is 10.2. The number of amides is 3. The number of halogens is 1. The minimum Gasteiger partial charge on any atom is -0.335 e. The summed E-state index contributed by atoms with van der Waals surface area (Å²) in [6, 6.07) is 7.12. The van der Waals surface area contributed by atoms with Gasteiger partial charge in [0.25, 0.3) is 0 Å². The molecule has 144 valence electrons. The van der Waals surface area contributed by atoms with Crippen molar-refractivity contribution >= 4 is 35.3 Å². The highest BCUT2D eigenvalue weighted by Crippen LogP contribution is 2.25. The van der Waals surface area contributed by atoms with Gasteiger partial charge in [-0.05, 0) is 44.0 Å². The Balaban J connectivity index is 1.56. The van der Waals surface area contributed by atoms with Crippen molar-refractivity contribution in [2.45, 2.75) is 50.4 Å². The summed E-state index contributed by atoms with van der Waals surface area (Å²) in [7, 11) is 0. The molecule has 0 unspecified atom stereocenters. The maximum Gasteiger partial charge on any atom is 0.321 e. The molecule has 0 radical (unpaired) electrons. The van der Waals surface area contributed by atoms with Gasteiger partial charge in [0.05, 0.1) is 5.75 Å². The molecular formula is C18H22ClN5O2S. The second-order valence-electron chi connectivity index (χ2n) is 6.35. The summed E-state index contributed by atoms with van der Waals surface area (Å²) in [5.41, 5.74) is 0.904. The van der Waals surface area contributed by atoms with Crippen LogP contribution in [0.15, 0.2) is 29.4 Å². The lowest BCUT2D eigenvalue weighted by molar-refractivity contribution is -0.117. The molecule has 1 aromatic heterocycles. The van der Waals surface area contributed by atoms with Crippen LogP contribution in [-0.4, -0.2) is 38.5 Å². The average molecular weight is 408 g/mol. The largest absolute Gasteiger partial charge is 0.335 e. The molecule has 0 bridgehead atoms. The fraction of sp³-hybridized carbons (Fsp3) is 0.444. The zero-order chi connectivity index (χ0) is 19.2. The van der Waals surface area contributed by atoms with Crippen LogP contribution in [-0.2, 0) is 11.3 Å². The molecule has 2 aromatic rings. The van der Waals surface area contributed by atoms with Crippen molar-refractivity contribution < 1.29 is 9.59 Å². The van der Waals surface area contributed by atoms with Crippen LogP contribution in [0.25, 0.3) is 11.4 Å².